The van der Waals surface area contributed by atoms with Gasteiger partial charge in [0.2, 0.25) is 0 Å². The van der Waals surface area contributed by atoms with Crippen molar-refractivity contribution in [3.05, 3.63) is 65.4 Å². The first-order valence-corrected chi connectivity index (χ1v) is 7.74. The number of nitrogens with zero attached hydrogens (tertiary/aromatic N) is 2. The molecule has 0 N–H and O–H groups in total. The van der Waals surface area contributed by atoms with Crippen molar-refractivity contribution in [1.29, 1.82) is 0 Å². The number of amidine groups is 1. The van der Waals surface area contributed by atoms with Crippen molar-refractivity contribution in [2.75, 3.05) is 0 Å². The van der Waals surface area contributed by atoms with E-state index in [0.29, 0.717) is 5.56 Å². The lowest BCUT2D eigenvalue weighted by atomic mass is 9.84. The monoisotopic (exact) mass is 309 g/mol. The molecule has 0 aliphatic carbocycles. The van der Waals surface area contributed by atoms with Crippen LogP contribution in [0.4, 0.5) is 0 Å². The number of hydrogen-bond acceptors (Lipinski definition) is 2. The zero-order valence-corrected chi connectivity index (χ0v) is 13.9. The summed E-state index contributed by atoms with van der Waals surface area (Å²) in [6, 6.07) is 17.6. The van der Waals surface area contributed by atoms with Crippen LogP contribution in [0.5, 0.6) is 0 Å². The fraction of sp³-hybridized carbons (Fsp3) is 0.316. The fourth-order valence-electron chi connectivity index (χ4n) is 2.79. The Balaban J connectivity index is 2.02. The average Bonchev–Trinajstić information content (AvgIpc) is 2.66. The highest BCUT2D eigenvalue weighted by atomic mass is 16.5. The molecule has 119 valence electrons. The van der Waals surface area contributed by atoms with Crippen LogP contribution in [0.2, 0.25) is 0 Å². The van der Waals surface area contributed by atoms with E-state index >= 15 is 0 Å². The molecule has 0 bridgehead atoms. The van der Waals surface area contributed by atoms with E-state index in [4.69, 9.17) is 0 Å². The predicted molar refractivity (Wildman–Crippen MR) is 90.3 cm³/mol. The lowest BCUT2D eigenvalue weighted by Gasteiger charge is -2.32. The van der Waals surface area contributed by atoms with Crippen molar-refractivity contribution in [2.24, 2.45) is 0 Å². The quantitative estimate of drug-likeness (QED) is 0.625. The minimum atomic E-state index is -0.789. The standard InChI is InChI=1S/C19H21N2O2/c1-18(2)19(3,4)21(23)17(20(18)22)16-12-10-15(11-13-16)14-8-6-5-7-9-14/h5-13H,1-4H3. The zero-order valence-electron chi connectivity index (χ0n) is 13.9. The third-order valence-corrected chi connectivity index (χ3v) is 5.15. The number of benzene rings is 2. The summed E-state index contributed by atoms with van der Waals surface area (Å²) < 4.78 is 0.845. The largest absolute Gasteiger partial charge is 0.714 e. The Bertz CT molecular complexity index is 747. The number of hydrogen-bond donors (Lipinski definition) is 0. The van der Waals surface area contributed by atoms with Crippen LogP contribution in [0.15, 0.2) is 54.6 Å². The van der Waals surface area contributed by atoms with Crippen molar-refractivity contribution >= 4 is 5.84 Å². The summed E-state index contributed by atoms with van der Waals surface area (Å²) in [5, 5.41) is 26.1. The van der Waals surface area contributed by atoms with E-state index in [9.17, 15) is 10.4 Å². The SMILES string of the molecule is CC1(C)N([O])C(c2ccc(-c3ccccc3)cc2)=[N+]([O-])C1(C)C. The summed E-state index contributed by atoms with van der Waals surface area (Å²) in [6.45, 7) is 7.21. The second kappa shape index (κ2) is 5.10. The Hall–Kier alpha value is -2.33. The smallest absolute Gasteiger partial charge is 0.316 e. The van der Waals surface area contributed by atoms with Gasteiger partial charge in [-0.1, -0.05) is 47.5 Å². The molecule has 4 nitrogen and oxygen atoms in total. The van der Waals surface area contributed by atoms with Gasteiger partial charge in [-0.2, -0.15) is 0 Å². The van der Waals surface area contributed by atoms with Crippen LogP contribution >= 0.6 is 0 Å². The van der Waals surface area contributed by atoms with E-state index < -0.39 is 11.1 Å². The molecule has 0 atom stereocenters. The molecule has 2 aromatic rings. The summed E-state index contributed by atoms with van der Waals surface area (Å²) in [6.07, 6.45) is 0. The van der Waals surface area contributed by atoms with Gasteiger partial charge in [0, 0.05) is 5.21 Å². The Morgan fingerprint density at radius 1 is 0.826 bits per heavy atom. The maximum absolute atomic E-state index is 12.6. The number of rotatable bonds is 2. The van der Waals surface area contributed by atoms with Crippen LogP contribution in [0.25, 0.3) is 11.1 Å². The van der Waals surface area contributed by atoms with Gasteiger partial charge in [-0.15, -0.1) is 0 Å². The lowest BCUT2D eigenvalue weighted by molar-refractivity contribution is -0.539. The Kier molecular flexibility index (Phi) is 3.45. The highest BCUT2D eigenvalue weighted by Crippen LogP contribution is 2.37. The summed E-state index contributed by atoms with van der Waals surface area (Å²) >= 11 is 0. The van der Waals surface area contributed by atoms with Gasteiger partial charge in [-0.3, -0.25) is 4.74 Å². The molecular weight excluding hydrogens is 288 g/mol. The molecule has 1 aliphatic heterocycles. The molecule has 0 spiro atoms. The summed E-state index contributed by atoms with van der Waals surface area (Å²) in [5.41, 5.74) is 1.23. The van der Waals surface area contributed by atoms with Crippen molar-refractivity contribution in [1.82, 2.24) is 5.06 Å². The maximum atomic E-state index is 12.6. The molecule has 0 unspecified atom stereocenters. The third-order valence-electron chi connectivity index (χ3n) is 5.15. The van der Waals surface area contributed by atoms with Crippen molar-refractivity contribution in [2.45, 2.75) is 38.8 Å². The van der Waals surface area contributed by atoms with E-state index in [1.807, 2.05) is 54.6 Å². The van der Waals surface area contributed by atoms with Gasteiger partial charge in [-0.05, 0) is 51.0 Å². The Labute approximate surface area is 136 Å². The van der Waals surface area contributed by atoms with Crippen molar-refractivity contribution in [3.63, 3.8) is 0 Å². The van der Waals surface area contributed by atoms with Crippen LogP contribution in [0.1, 0.15) is 33.3 Å². The van der Waals surface area contributed by atoms with Gasteiger partial charge in [0.05, 0.1) is 5.56 Å². The highest BCUT2D eigenvalue weighted by Gasteiger charge is 2.59. The van der Waals surface area contributed by atoms with Crippen LogP contribution < -0.4 is 0 Å². The molecule has 0 aromatic heterocycles. The fourth-order valence-corrected chi connectivity index (χ4v) is 2.79. The highest BCUT2D eigenvalue weighted by molar-refractivity contribution is 5.96. The van der Waals surface area contributed by atoms with Crippen LogP contribution in [0.3, 0.4) is 0 Å². The first-order valence-electron chi connectivity index (χ1n) is 7.74. The predicted octanol–water partition coefficient (Wildman–Crippen LogP) is 3.83. The Morgan fingerprint density at radius 3 is 1.78 bits per heavy atom. The number of hydroxylamine groups is 3. The lowest BCUT2D eigenvalue weighted by Crippen LogP contribution is -2.53. The molecule has 1 heterocycles. The molecular formula is C19H21N2O2. The summed E-state index contributed by atoms with van der Waals surface area (Å²) in [5.74, 6) is 0.180. The first kappa shape index (κ1) is 15.6. The molecule has 1 radical (unpaired) electrons. The van der Waals surface area contributed by atoms with Gasteiger partial charge in [0.1, 0.15) is 5.54 Å². The minimum Gasteiger partial charge on any atom is -0.714 e. The van der Waals surface area contributed by atoms with Crippen molar-refractivity contribution < 1.29 is 9.95 Å². The first-order chi connectivity index (χ1) is 10.8. The van der Waals surface area contributed by atoms with Crippen molar-refractivity contribution in [3.8, 4) is 11.1 Å². The van der Waals surface area contributed by atoms with Gasteiger partial charge < -0.3 is 5.21 Å². The van der Waals surface area contributed by atoms with E-state index in [-0.39, 0.29) is 5.84 Å². The Morgan fingerprint density at radius 2 is 1.30 bits per heavy atom. The zero-order chi connectivity index (χ0) is 16.8. The molecule has 3 rings (SSSR count). The topological polar surface area (TPSA) is 49.2 Å². The van der Waals surface area contributed by atoms with E-state index in [1.54, 1.807) is 27.7 Å². The van der Waals surface area contributed by atoms with Crippen LogP contribution in [0, 0.1) is 5.21 Å². The molecule has 0 saturated carbocycles. The second-order valence-electron chi connectivity index (χ2n) is 6.97. The summed E-state index contributed by atoms with van der Waals surface area (Å²) in [4.78, 5) is 0. The van der Waals surface area contributed by atoms with Crippen LogP contribution in [-0.2, 0) is 5.21 Å². The normalized spacial score (nSPS) is 19.3. The van der Waals surface area contributed by atoms with E-state index in [0.717, 1.165) is 20.9 Å². The van der Waals surface area contributed by atoms with Crippen LogP contribution in [-0.4, -0.2) is 26.7 Å². The minimum absolute atomic E-state index is 0.180. The molecule has 0 amide bonds. The second-order valence-corrected chi connectivity index (χ2v) is 6.97. The molecule has 4 heteroatoms. The third kappa shape index (κ3) is 2.21. The average molecular weight is 309 g/mol. The van der Waals surface area contributed by atoms with Gasteiger partial charge in [0.15, 0.2) is 5.54 Å². The molecule has 2 aromatic carbocycles. The van der Waals surface area contributed by atoms with Gasteiger partial charge in [0.25, 0.3) is 0 Å². The summed E-state index contributed by atoms with van der Waals surface area (Å²) in [7, 11) is 0. The molecule has 1 aliphatic rings. The van der Waals surface area contributed by atoms with E-state index in [2.05, 4.69) is 0 Å². The molecule has 0 fully saturated rings. The van der Waals surface area contributed by atoms with E-state index in [1.165, 1.54) is 0 Å². The molecule has 0 saturated heterocycles. The molecule has 23 heavy (non-hydrogen) atoms. The van der Waals surface area contributed by atoms with Gasteiger partial charge in [-0.25, -0.2) is 0 Å². The maximum Gasteiger partial charge on any atom is 0.316 e. The van der Waals surface area contributed by atoms with Gasteiger partial charge >= 0.3 is 5.84 Å².